The number of hydrogen-bond acceptors (Lipinski definition) is 3. The molecular formula is C21H26N2O2. The second-order valence-electron chi connectivity index (χ2n) is 6.88. The molecule has 2 aromatic rings. The highest BCUT2D eigenvalue weighted by Crippen LogP contribution is 2.24. The summed E-state index contributed by atoms with van der Waals surface area (Å²) in [5, 5.41) is 0. The van der Waals surface area contributed by atoms with Crippen LogP contribution < -0.4 is 9.64 Å². The molecular weight excluding hydrogens is 312 g/mol. The zero-order valence-electron chi connectivity index (χ0n) is 15.2. The van der Waals surface area contributed by atoms with Crippen molar-refractivity contribution in [3.63, 3.8) is 0 Å². The van der Waals surface area contributed by atoms with Gasteiger partial charge in [0, 0.05) is 32.4 Å². The lowest BCUT2D eigenvalue weighted by Gasteiger charge is -2.21. The molecule has 0 aliphatic carbocycles. The van der Waals surface area contributed by atoms with Gasteiger partial charge in [0.15, 0.2) is 6.61 Å². The first kappa shape index (κ1) is 17.3. The molecule has 2 aromatic carbocycles. The summed E-state index contributed by atoms with van der Waals surface area (Å²) in [6.45, 7) is 6.54. The largest absolute Gasteiger partial charge is 0.484 e. The zero-order valence-corrected chi connectivity index (χ0v) is 15.2. The maximum atomic E-state index is 12.6. The van der Waals surface area contributed by atoms with Gasteiger partial charge in [-0.1, -0.05) is 44.2 Å². The maximum Gasteiger partial charge on any atom is 0.260 e. The van der Waals surface area contributed by atoms with E-state index in [1.807, 2.05) is 35.2 Å². The zero-order chi connectivity index (χ0) is 17.8. The quantitative estimate of drug-likeness (QED) is 0.853. The normalized spacial score (nSPS) is 14.2. The predicted molar refractivity (Wildman–Crippen MR) is 101 cm³/mol. The Morgan fingerprint density at radius 1 is 1.12 bits per heavy atom. The monoisotopic (exact) mass is 338 g/mol. The van der Waals surface area contributed by atoms with E-state index in [1.54, 1.807) is 0 Å². The number of hydrogen-bond donors (Lipinski definition) is 0. The van der Waals surface area contributed by atoms with Gasteiger partial charge < -0.3 is 14.5 Å². The average molecular weight is 338 g/mol. The van der Waals surface area contributed by atoms with Crippen LogP contribution in [0.25, 0.3) is 0 Å². The van der Waals surface area contributed by atoms with E-state index >= 15 is 0 Å². The van der Waals surface area contributed by atoms with Crippen LogP contribution in [-0.2, 0) is 11.3 Å². The van der Waals surface area contributed by atoms with Gasteiger partial charge in [0.05, 0.1) is 0 Å². The van der Waals surface area contributed by atoms with Gasteiger partial charge in [0.25, 0.3) is 5.91 Å². The standard InChI is InChI=1S/C21H26N2O2/c1-16(2)17-8-6-9-19(13-17)25-15-21(24)23-12-11-22(3)20-10-5-4-7-18(20)14-23/h4-10,13,16H,11-12,14-15H2,1-3H3. The average Bonchev–Trinajstić information content (AvgIpc) is 2.79. The van der Waals surface area contributed by atoms with Crippen molar-refractivity contribution in [1.82, 2.24) is 4.90 Å². The Labute approximate surface area is 150 Å². The third kappa shape index (κ3) is 4.13. The van der Waals surface area contributed by atoms with Gasteiger partial charge in [0.1, 0.15) is 5.75 Å². The van der Waals surface area contributed by atoms with Crippen LogP contribution in [0.1, 0.15) is 30.9 Å². The topological polar surface area (TPSA) is 32.8 Å². The lowest BCUT2D eigenvalue weighted by Crippen LogP contribution is -2.37. The first-order valence-corrected chi connectivity index (χ1v) is 8.84. The van der Waals surface area contributed by atoms with Crippen molar-refractivity contribution in [3.05, 3.63) is 59.7 Å². The van der Waals surface area contributed by atoms with Crippen molar-refractivity contribution in [2.75, 3.05) is 31.6 Å². The van der Waals surface area contributed by atoms with Crippen LogP contribution in [0.4, 0.5) is 5.69 Å². The summed E-state index contributed by atoms with van der Waals surface area (Å²) in [5.41, 5.74) is 3.59. The minimum absolute atomic E-state index is 0.0278. The fourth-order valence-corrected chi connectivity index (χ4v) is 3.11. The maximum absolute atomic E-state index is 12.6. The summed E-state index contributed by atoms with van der Waals surface area (Å²) >= 11 is 0. The van der Waals surface area contributed by atoms with Crippen LogP contribution in [-0.4, -0.2) is 37.6 Å². The van der Waals surface area contributed by atoms with Crippen LogP contribution in [0.15, 0.2) is 48.5 Å². The van der Waals surface area contributed by atoms with Crippen molar-refractivity contribution in [2.45, 2.75) is 26.3 Å². The number of anilines is 1. The fraction of sp³-hybridized carbons (Fsp3) is 0.381. The van der Waals surface area contributed by atoms with Gasteiger partial charge in [-0.25, -0.2) is 0 Å². The molecule has 3 rings (SSSR count). The molecule has 0 spiro atoms. The van der Waals surface area contributed by atoms with E-state index in [9.17, 15) is 4.79 Å². The van der Waals surface area contributed by atoms with E-state index in [-0.39, 0.29) is 12.5 Å². The molecule has 132 valence electrons. The van der Waals surface area contributed by atoms with Crippen molar-refractivity contribution >= 4 is 11.6 Å². The lowest BCUT2D eigenvalue weighted by molar-refractivity contribution is -0.133. The molecule has 0 fully saturated rings. The number of carbonyl (C=O) groups excluding carboxylic acids is 1. The Morgan fingerprint density at radius 2 is 1.92 bits per heavy atom. The number of likely N-dealkylation sites (N-methyl/N-ethyl adjacent to an activating group) is 1. The van der Waals surface area contributed by atoms with Gasteiger partial charge in [-0.05, 0) is 35.2 Å². The molecule has 4 heteroatoms. The molecule has 1 amide bonds. The van der Waals surface area contributed by atoms with Crippen molar-refractivity contribution in [3.8, 4) is 5.75 Å². The molecule has 25 heavy (non-hydrogen) atoms. The molecule has 1 aliphatic rings. The number of fused-ring (bicyclic) bond motifs is 1. The smallest absolute Gasteiger partial charge is 0.260 e. The number of carbonyl (C=O) groups is 1. The summed E-state index contributed by atoms with van der Waals surface area (Å²) < 4.78 is 5.76. The summed E-state index contributed by atoms with van der Waals surface area (Å²) in [4.78, 5) is 16.7. The Bertz CT molecular complexity index is 742. The van der Waals surface area contributed by atoms with Crippen molar-refractivity contribution in [2.24, 2.45) is 0 Å². The molecule has 0 bridgehead atoms. The van der Waals surface area contributed by atoms with Gasteiger partial charge in [-0.2, -0.15) is 0 Å². The predicted octanol–water partition coefficient (Wildman–Crippen LogP) is 3.67. The highest BCUT2D eigenvalue weighted by molar-refractivity contribution is 5.78. The molecule has 1 heterocycles. The van der Waals surface area contributed by atoms with E-state index in [1.165, 1.54) is 16.8 Å². The van der Waals surface area contributed by atoms with Crippen LogP contribution >= 0.6 is 0 Å². The first-order chi connectivity index (χ1) is 12.0. The molecule has 0 atom stereocenters. The third-order valence-electron chi connectivity index (χ3n) is 4.71. The first-order valence-electron chi connectivity index (χ1n) is 8.84. The van der Waals surface area contributed by atoms with E-state index in [4.69, 9.17) is 4.74 Å². The number of benzene rings is 2. The second-order valence-corrected chi connectivity index (χ2v) is 6.88. The van der Waals surface area contributed by atoms with Crippen molar-refractivity contribution in [1.29, 1.82) is 0 Å². The number of para-hydroxylation sites is 1. The molecule has 0 unspecified atom stereocenters. The highest BCUT2D eigenvalue weighted by atomic mass is 16.5. The van der Waals surface area contributed by atoms with E-state index in [0.29, 0.717) is 19.0 Å². The molecule has 0 radical (unpaired) electrons. The van der Waals surface area contributed by atoms with Crippen LogP contribution in [0.2, 0.25) is 0 Å². The molecule has 0 N–H and O–H groups in total. The van der Waals surface area contributed by atoms with E-state index in [2.05, 4.69) is 44.0 Å². The van der Waals surface area contributed by atoms with Gasteiger partial charge >= 0.3 is 0 Å². The van der Waals surface area contributed by atoms with E-state index < -0.39 is 0 Å². The fourth-order valence-electron chi connectivity index (χ4n) is 3.11. The Kier molecular flexibility index (Phi) is 5.27. The molecule has 0 saturated carbocycles. The minimum Gasteiger partial charge on any atom is -0.484 e. The van der Waals surface area contributed by atoms with Crippen LogP contribution in [0.3, 0.4) is 0 Å². The highest BCUT2D eigenvalue weighted by Gasteiger charge is 2.21. The summed E-state index contributed by atoms with van der Waals surface area (Å²) in [5.74, 6) is 1.23. The molecule has 4 nitrogen and oxygen atoms in total. The molecule has 0 aromatic heterocycles. The third-order valence-corrected chi connectivity index (χ3v) is 4.71. The summed E-state index contributed by atoms with van der Waals surface area (Å²) in [6.07, 6.45) is 0. The van der Waals surface area contributed by atoms with Gasteiger partial charge in [-0.15, -0.1) is 0 Å². The lowest BCUT2D eigenvalue weighted by atomic mass is 10.0. The van der Waals surface area contributed by atoms with Crippen LogP contribution in [0, 0.1) is 0 Å². The van der Waals surface area contributed by atoms with Crippen molar-refractivity contribution < 1.29 is 9.53 Å². The summed E-state index contributed by atoms with van der Waals surface area (Å²) in [7, 11) is 2.07. The Morgan fingerprint density at radius 3 is 2.72 bits per heavy atom. The van der Waals surface area contributed by atoms with Crippen LogP contribution in [0.5, 0.6) is 5.75 Å². The minimum atomic E-state index is 0.0278. The van der Waals surface area contributed by atoms with Gasteiger partial charge in [-0.3, -0.25) is 4.79 Å². The number of amides is 1. The Balaban J connectivity index is 1.65. The SMILES string of the molecule is CC(C)c1cccc(OCC(=O)N2CCN(C)c3ccccc3C2)c1. The summed E-state index contributed by atoms with van der Waals surface area (Å²) in [6, 6.07) is 16.2. The molecule has 1 aliphatic heterocycles. The number of nitrogens with zero attached hydrogens (tertiary/aromatic N) is 2. The molecule has 0 saturated heterocycles. The van der Waals surface area contributed by atoms with Gasteiger partial charge in [0.2, 0.25) is 0 Å². The number of ether oxygens (including phenoxy) is 1. The van der Waals surface area contributed by atoms with E-state index in [0.717, 1.165) is 12.3 Å². The number of rotatable bonds is 4. The second kappa shape index (κ2) is 7.60. The Hall–Kier alpha value is -2.49.